The number of aryl methyl sites for hydroxylation is 1. The van der Waals surface area contributed by atoms with Crippen LogP contribution in [0.25, 0.3) is 0 Å². The lowest BCUT2D eigenvalue weighted by molar-refractivity contribution is 0.0521. The molecule has 0 bridgehead atoms. The number of ether oxygens (including phenoxy) is 2. The van der Waals surface area contributed by atoms with Crippen LogP contribution in [0.3, 0.4) is 0 Å². The van der Waals surface area contributed by atoms with Crippen molar-refractivity contribution < 1.29 is 14.3 Å². The van der Waals surface area contributed by atoms with Crippen LogP contribution in [-0.2, 0) is 4.74 Å². The molecule has 0 aliphatic rings. The topological polar surface area (TPSA) is 35.5 Å². The quantitative estimate of drug-likeness (QED) is 0.718. The van der Waals surface area contributed by atoms with Crippen molar-refractivity contribution in [1.82, 2.24) is 0 Å². The molecule has 0 amide bonds. The first-order valence-corrected chi connectivity index (χ1v) is 5.59. The second-order valence-electron chi connectivity index (χ2n) is 3.57. The third kappa shape index (κ3) is 3.26. The molecular weight excluding hydrogens is 204 g/mol. The summed E-state index contributed by atoms with van der Waals surface area (Å²) in [5.41, 5.74) is 1.57. The molecule has 0 aromatic heterocycles. The molecule has 0 unspecified atom stereocenters. The lowest BCUT2D eigenvalue weighted by Crippen LogP contribution is -2.08. The highest BCUT2D eigenvalue weighted by molar-refractivity contribution is 5.92. The molecule has 0 saturated heterocycles. The molecule has 0 N–H and O–H groups in total. The van der Waals surface area contributed by atoms with E-state index < -0.39 is 0 Å². The molecule has 0 aliphatic carbocycles. The largest absolute Gasteiger partial charge is 0.493 e. The monoisotopic (exact) mass is 222 g/mol. The fraction of sp³-hybridized carbons (Fsp3) is 0.462. The molecule has 0 spiro atoms. The Kier molecular flexibility index (Phi) is 4.83. The molecule has 3 nitrogen and oxygen atoms in total. The maximum atomic E-state index is 11.6. The predicted molar refractivity (Wildman–Crippen MR) is 62.9 cm³/mol. The van der Waals surface area contributed by atoms with E-state index in [1.165, 1.54) is 0 Å². The first-order chi connectivity index (χ1) is 7.69. The van der Waals surface area contributed by atoms with E-state index in [1.54, 1.807) is 13.0 Å². The highest BCUT2D eigenvalue weighted by atomic mass is 16.5. The van der Waals surface area contributed by atoms with E-state index in [0.29, 0.717) is 24.5 Å². The highest BCUT2D eigenvalue weighted by Gasteiger charge is 2.13. The Hall–Kier alpha value is -1.51. The van der Waals surface area contributed by atoms with Gasteiger partial charge in [0.2, 0.25) is 0 Å². The Morgan fingerprint density at radius 3 is 2.69 bits per heavy atom. The summed E-state index contributed by atoms with van der Waals surface area (Å²) in [6.45, 7) is 6.77. The van der Waals surface area contributed by atoms with Gasteiger partial charge in [0.25, 0.3) is 0 Å². The van der Waals surface area contributed by atoms with Crippen molar-refractivity contribution in [3.8, 4) is 5.75 Å². The maximum absolute atomic E-state index is 11.6. The van der Waals surface area contributed by atoms with E-state index in [2.05, 4.69) is 0 Å². The summed E-state index contributed by atoms with van der Waals surface area (Å²) < 4.78 is 10.5. The Balaban J connectivity index is 2.92. The van der Waals surface area contributed by atoms with Crippen molar-refractivity contribution in [2.45, 2.75) is 27.2 Å². The van der Waals surface area contributed by atoms with Gasteiger partial charge in [-0.25, -0.2) is 4.79 Å². The van der Waals surface area contributed by atoms with Crippen molar-refractivity contribution in [3.63, 3.8) is 0 Å². The third-order valence-electron chi connectivity index (χ3n) is 2.09. The fourth-order valence-corrected chi connectivity index (χ4v) is 1.34. The summed E-state index contributed by atoms with van der Waals surface area (Å²) in [6, 6.07) is 5.49. The Bertz CT molecular complexity index is 358. The van der Waals surface area contributed by atoms with Gasteiger partial charge in [0.1, 0.15) is 11.3 Å². The molecular formula is C13H18O3. The molecule has 1 rings (SSSR count). The number of benzene rings is 1. The maximum Gasteiger partial charge on any atom is 0.341 e. The number of rotatable bonds is 5. The number of carbonyl (C=O) groups is 1. The summed E-state index contributed by atoms with van der Waals surface area (Å²) in [6.07, 6.45) is 0.913. The van der Waals surface area contributed by atoms with E-state index >= 15 is 0 Å². The average molecular weight is 222 g/mol. The first-order valence-electron chi connectivity index (χ1n) is 5.59. The summed E-state index contributed by atoms with van der Waals surface area (Å²) in [4.78, 5) is 11.6. The molecule has 0 atom stereocenters. The van der Waals surface area contributed by atoms with Gasteiger partial charge in [0.15, 0.2) is 0 Å². The Morgan fingerprint density at radius 2 is 2.06 bits per heavy atom. The minimum Gasteiger partial charge on any atom is -0.493 e. The highest BCUT2D eigenvalue weighted by Crippen LogP contribution is 2.21. The van der Waals surface area contributed by atoms with Crippen molar-refractivity contribution in [2.75, 3.05) is 13.2 Å². The minimum atomic E-state index is -0.325. The van der Waals surface area contributed by atoms with Crippen molar-refractivity contribution in [3.05, 3.63) is 29.3 Å². The summed E-state index contributed by atoms with van der Waals surface area (Å²) in [5.74, 6) is 0.286. The van der Waals surface area contributed by atoms with E-state index in [0.717, 1.165) is 12.0 Å². The SMILES string of the molecule is CCCOc1cc(C)ccc1C(=O)OCC. The van der Waals surface area contributed by atoms with Crippen LogP contribution in [0.5, 0.6) is 5.75 Å². The van der Waals surface area contributed by atoms with Crippen LogP contribution in [0.1, 0.15) is 36.2 Å². The summed E-state index contributed by atoms with van der Waals surface area (Å²) >= 11 is 0. The van der Waals surface area contributed by atoms with Gasteiger partial charge < -0.3 is 9.47 Å². The molecule has 0 saturated carbocycles. The van der Waals surface area contributed by atoms with Gasteiger partial charge in [0.05, 0.1) is 13.2 Å². The second kappa shape index (κ2) is 6.16. The van der Waals surface area contributed by atoms with Gasteiger partial charge in [-0.2, -0.15) is 0 Å². The first kappa shape index (κ1) is 12.6. The van der Waals surface area contributed by atoms with Gasteiger partial charge in [-0.1, -0.05) is 13.0 Å². The van der Waals surface area contributed by atoms with Gasteiger partial charge in [-0.15, -0.1) is 0 Å². The zero-order chi connectivity index (χ0) is 12.0. The predicted octanol–water partition coefficient (Wildman–Crippen LogP) is 2.96. The van der Waals surface area contributed by atoms with Crippen molar-refractivity contribution >= 4 is 5.97 Å². The lowest BCUT2D eigenvalue weighted by Gasteiger charge is -2.10. The molecule has 3 heteroatoms. The third-order valence-corrected chi connectivity index (χ3v) is 2.09. The number of esters is 1. The molecule has 0 radical (unpaired) electrons. The van der Waals surface area contributed by atoms with Crippen LogP contribution in [-0.4, -0.2) is 19.2 Å². The average Bonchev–Trinajstić information content (AvgIpc) is 2.26. The normalized spacial score (nSPS) is 9.94. The Labute approximate surface area is 96.4 Å². The van der Waals surface area contributed by atoms with E-state index in [9.17, 15) is 4.79 Å². The number of hydrogen-bond acceptors (Lipinski definition) is 3. The van der Waals surface area contributed by atoms with E-state index in [1.807, 2.05) is 26.0 Å². The number of hydrogen-bond donors (Lipinski definition) is 0. The molecule has 0 aliphatic heterocycles. The van der Waals surface area contributed by atoms with Crippen LogP contribution in [0.4, 0.5) is 0 Å². The van der Waals surface area contributed by atoms with Gasteiger partial charge >= 0.3 is 5.97 Å². The molecule has 1 aromatic carbocycles. The van der Waals surface area contributed by atoms with Crippen LogP contribution in [0.2, 0.25) is 0 Å². The molecule has 88 valence electrons. The van der Waals surface area contributed by atoms with Crippen LogP contribution in [0.15, 0.2) is 18.2 Å². The molecule has 16 heavy (non-hydrogen) atoms. The van der Waals surface area contributed by atoms with Crippen molar-refractivity contribution in [1.29, 1.82) is 0 Å². The van der Waals surface area contributed by atoms with Crippen molar-refractivity contribution in [2.24, 2.45) is 0 Å². The fourth-order valence-electron chi connectivity index (χ4n) is 1.34. The van der Waals surface area contributed by atoms with Gasteiger partial charge in [-0.3, -0.25) is 0 Å². The summed E-state index contributed by atoms with van der Waals surface area (Å²) in [7, 11) is 0. The minimum absolute atomic E-state index is 0.325. The zero-order valence-corrected chi connectivity index (χ0v) is 10.1. The standard InChI is InChI=1S/C13H18O3/c1-4-8-16-12-9-10(3)6-7-11(12)13(14)15-5-2/h6-7,9H,4-5,8H2,1-3H3. The molecule has 0 fully saturated rings. The van der Waals surface area contributed by atoms with Gasteiger partial charge in [0, 0.05) is 0 Å². The second-order valence-corrected chi connectivity index (χ2v) is 3.57. The smallest absolute Gasteiger partial charge is 0.341 e. The van der Waals surface area contributed by atoms with Crippen LogP contribution in [0, 0.1) is 6.92 Å². The summed E-state index contributed by atoms with van der Waals surface area (Å²) in [5, 5.41) is 0. The van der Waals surface area contributed by atoms with E-state index in [4.69, 9.17) is 9.47 Å². The van der Waals surface area contributed by atoms with Crippen LogP contribution < -0.4 is 4.74 Å². The molecule has 1 aromatic rings. The van der Waals surface area contributed by atoms with Gasteiger partial charge in [-0.05, 0) is 38.0 Å². The molecule has 0 heterocycles. The Morgan fingerprint density at radius 1 is 1.31 bits per heavy atom. The zero-order valence-electron chi connectivity index (χ0n) is 10.1. The van der Waals surface area contributed by atoms with Crippen LogP contribution >= 0.6 is 0 Å². The van der Waals surface area contributed by atoms with E-state index in [-0.39, 0.29) is 5.97 Å². The lowest BCUT2D eigenvalue weighted by atomic mass is 10.1. The number of carbonyl (C=O) groups excluding carboxylic acids is 1.